The van der Waals surface area contributed by atoms with E-state index in [0.29, 0.717) is 29.2 Å². The molecule has 0 aliphatic carbocycles. The van der Waals surface area contributed by atoms with Crippen LogP contribution in [-0.2, 0) is 17.0 Å². The van der Waals surface area contributed by atoms with Crippen LogP contribution in [0.5, 0.6) is 0 Å². The maximum absolute atomic E-state index is 12.0. The molecule has 0 amide bonds. The van der Waals surface area contributed by atoms with Gasteiger partial charge in [0.05, 0.1) is 23.3 Å². The number of hydrogen-bond donors (Lipinski definition) is 1. The van der Waals surface area contributed by atoms with Crippen molar-refractivity contribution >= 4 is 39.0 Å². The van der Waals surface area contributed by atoms with E-state index in [9.17, 15) is 4.79 Å². The molecule has 0 saturated carbocycles. The average Bonchev–Trinajstić information content (AvgIpc) is 3.36. The summed E-state index contributed by atoms with van der Waals surface area (Å²) < 4.78 is 13.5. The zero-order valence-corrected chi connectivity index (χ0v) is 16.2. The first-order valence-electron chi connectivity index (χ1n) is 7.65. The molecule has 132 valence electrons. The van der Waals surface area contributed by atoms with Crippen molar-refractivity contribution < 1.29 is 9.26 Å². The predicted octanol–water partition coefficient (Wildman–Crippen LogP) is 2.92. The number of nitrogens with zero attached hydrogens (tertiary/aromatic N) is 4. The molecule has 11 heteroatoms. The van der Waals surface area contributed by atoms with Crippen molar-refractivity contribution in [2.45, 2.75) is 36.4 Å². The molecule has 0 unspecified atom stereocenters. The smallest absolute Gasteiger partial charge is 0.344 e. The lowest BCUT2D eigenvalue weighted by Crippen LogP contribution is -2.24. The summed E-state index contributed by atoms with van der Waals surface area (Å²) in [4.78, 5) is 17.3. The highest BCUT2D eigenvalue weighted by molar-refractivity contribution is 9.10. The number of rotatable bonds is 6. The summed E-state index contributed by atoms with van der Waals surface area (Å²) in [5, 5.41) is 13.1. The minimum atomic E-state index is -0.229. The molecule has 3 aromatic rings. The Morgan fingerprint density at radius 1 is 1.52 bits per heavy atom. The Bertz CT molecular complexity index is 912. The van der Waals surface area contributed by atoms with E-state index in [1.807, 2.05) is 11.4 Å². The molecule has 0 spiro atoms. The third kappa shape index (κ3) is 3.89. The van der Waals surface area contributed by atoms with Crippen molar-refractivity contribution in [3.63, 3.8) is 0 Å². The van der Waals surface area contributed by atoms with Crippen molar-refractivity contribution in [3.05, 3.63) is 32.3 Å². The van der Waals surface area contributed by atoms with E-state index in [0.717, 1.165) is 28.8 Å². The standard InChI is InChI=1S/C14H14BrN5O3S2/c15-8-4-10(24-6-8)12-16-11(23-19-12)7-25-14-18-17-13(21)20(14)5-9-2-1-3-22-9/h4,6,9H,1-3,5,7H2,(H,17,21)/t9-/m1/s1. The highest BCUT2D eigenvalue weighted by atomic mass is 79.9. The molecule has 4 heterocycles. The molecule has 4 rings (SSSR count). The van der Waals surface area contributed by atoms with Crippen LogP contribution in [-0.4, -0.2) is 37.6 Å². The number of thioether (sulfide) groups is 1. The first-order valence-corrected chi connectivity index (χ1v) is 10.3. The van der Waals surface area contributed by atoms with E-state index < -0.39 is 0 Å². The summed E-state index contributed by atoms with van der Waals surface area (Å²) in [6.07, 6.45) is 2.07. The summed E-state index contributed by atoms with van der Waals surface area (Å²) in [6.45, 7) is 1.26. The average molecular weight is 444 g/mol. The largest absolute Gasteiger partial charge is 0.376 e. The number of halogens is 1. The fourth-order valence-electron chi connectivity index (χ4n) is 2.54. The maximum Gasteiger partial charge on any atom is 0.344 e. The number of aromatic amines is 1. The van der Waals surface area contributed by atoms with E-state index in [1.54, 1.807) is 4.57 Å². The highest BCUT2D eigenvalue weighted by Gasteiger charge is 2.20. The molecule has 1 N–H and O–H groups in total. The molecule has 0 bridgehead atoms. The van der Waals surface area contributed by atoms with Gasteiger partial charge in [0.25, 0.3) is 0 Å². The van der Waals surface area contributed by atoms with Crippen LogP contribution in [0.1, 0.15) is 18.7 Å². The maximum atomic E-state index is 12.0. The Morgan fingerprint density at radius 3 is 3.20 bits per heavy atom. The minimum absolute atomic E-state index is 0.0712. The van der Waals surface area contributed by atoms with Crippen molar-refractivity contribution in [1.29, 1.82) is 0 Å². The topological polar surface area (TPSA) is 98.8 Å². The summed E-state index contributed by atoms with van der Waals surface area (Å²) in [5.74, 6) is 1.49. The normalized spacial score (nSPS) is 17.4. The summed E-state index contributed by atoms with van der Waals surface area (Å²) in [5.41, 5.74) is -0.229. The SMILES string of the molecule is O=c1[nH]nc(SCc2nc(-c3cc(Br)cs3)no2)n1C[C@H]1CCCO1. The van der Waals surface area contributed by atoms with Gasteiger partial charge in [0.15, 0.2) is 5.16 Å². The van der Waals surface area contributed by atoms with E-state index in [1.165, 1.54) is 23.1 Å². The minimum Gasteiger partial charge on any atom is -0.376 e. The van der Waals surface area contributed by atoms with Gasteiger partial charge < -0.3 is 9.26 Å². The summed E-state index contributed by atoms with van der Waals surface area (Å²) in [6, 6.07) is 1.94. The number of ether oxygens (including phenoxy) is 1. The summed E-state index contributed by atoms with van der Waals surface area (Å²) in [7, 11) is 0. The molecule has 1 saturated heterocycles. The molecule has 1 fully saturated rings. The number of nitrogens with one attached hydrogen (secondary N) is 1. The molecule has 1 aliphatic rings. The van der Waals surface area contributed by atoms with Crippen LogP contribution >= 0.6 is 39.0 Å². The predicted molar refractivity (Wildman–Crippen MR) is 96.7 cm³/mol. The number of aromatic nitrogens is 5. The Hall–Kier alpha value is -1.43. The van der Waals surface area contributed by atoms with Crippen molar-refractivity contribution in [1.82, 2.24) is 24.9 Å². The van der Waals surface area contributed by atoms with Gasteiger partial charge >= 0.3 is 5.69 Å². The lowest BCUT2D eigenvalue weighted by Gasteiger charge is -2.10. The molecule has 1 atom stereocenters. The summed E-state index contributed by atoms with van der Waals surface area (Å²) >= 11 is 6.33. The lowest BCUT2D eigenvalue weighted by atomic mass is 10.2. The second kappa shape index (κ2) is 7.44. The van der Waals surface area contributed by atoms with Crippen LogP contribution < -0.4 is 5.69 Å². The van der Waals surface area contributed by atoms with Crippen molar-refractivity contribution in [2.75, 3.05) is 6.61 Å². The van der Waals surface area contributed by atoms with Gasteiger partial charge in [0, 0.05) is 16.5 Å². The number of thiophene rings is 1. The second-order valence-electron chi connectivity index (χ2n) is 5.49. The monoisotopic (exact) mass is 443 g/mol. The van der Waals surface area contributed by atoms with Crippen molar-refractivity contribution in [3.8, 4) is 10.7 Å². The van der Waals surface area contributed by atoms with Gasteiger partial charge in [-0.15, -0.1) is 16.4 Å². The fourth-order valence-corrected chi connectivity index (χ4v) is 4.68. The first kappa shape index (κ1) is 17.0. The van der Waals surface area contributed by atoms with Crippen LogP contribution in [0.2, 0.25) is 0 Å². The quantitative estimate of drug-likeness (QED) is 0.584. The van der Waals surface area contributed by atoms with Gasteiger partial charge in [0.2, 0.25) is 11.7 Å². The van der Waals surface area contributed by atoms with Crippen LogP contribution in [0.15, 0.2) is 30.4 Å². The second-order valence-corrected chi connectivity index (χ2v) is 8.26. The van der Waals surface area contributed by atoms with Crippen molar-refractivity contribution in [2.24, 2.45) is 0 Å². The van der Waals surface area contributed by atoms with E-state index in [-0.39, 0.29) is 11.8 Å². The van der Waals surface area contributed by atoms with E-state index >= 15 is 0 Å². The molecule has 8 nitrogen and oxygen atoms in total. The highest BCUT2D eigenvalue weighted by Crippen LogP contribution is 2.28. The first-order chi connectivity index (χ1) is 12.2. The lowest BCUT2D eigenvalue weighted by molar-refractivity contribution is 0.0941. The molecule has 3 aromatic heterocycles. The Morgan fingerprint density at radius 2 is 2.44 bits per heavy atom. The van der Waals surface area contributed by atoms with Gasteiger partial charge in [-0.1, -0.05) is 16.9 Å². The zero-order chi connectivity index (χ0) is 17.2. The third-order valence-electron chi connectivity index (χ3n) is 3.71. The van der Waals surface area contributed by atoms with Crippen LogP contribution in [0.25, 0.3) is 10.7 Å². The third-order valence-corrected chi connectivity index (χ3v) is 6.36. The van der Waals surface area contributed by atoms with Gasteiger partial charge in [-0.3, -0.25) is 4.57 Å². The van der Waals surface area contributed by atoms with E-state index in [4.69, 9.17) is 9.26 Å². The molecule has 0 radical (unpaired) electrons. The van der Waals surface area contributed by atoms with Crippen LogP contribution in [0, 0.1) is 0 Å². The fraction of sp³-hybridized carbons (Fsp3) is 0.429. The van der Waals surface area contributed by atoms with Gasteiger partial charge in [-0.25, -0.2) is 9.89 Å². The van der Waals surface area contributed by atoms with E-state index in [2.05, 4.69) is 36.3 Å². The Labute approximate surface area is 159 Å². The molecule has 0 aromatic carbocycles. The Balaban J connectivity index is 1.43. The van der Waals surface area contributed by atoms with Gasteiger partial charge in [0.1, 0.15) is 0 Å². The molecular weight excluding hydrogens is 430 g/mol. The number of H-pyrrole nitrogens is 1. The van der Waals surface area contributed by atoms with Gasteiger partial charge in [-0.05, 0) is 34.8 Å². The van der Waals surface area contributed by atoms with Crippen LogP contribution in [0.3, 0.4) is 0 Å². The molecule has 25 heavy (non-hydrogen) atoms. The van der Waals surface area contributed by atoms with Gasteiger partial charge in [-0.2, -0.15) is 4.98 Å². The van der Waals surface area contributed by atoms with Crippen LogP contribution in [0.4, 0.5) is 0 Å². The molecular formula is C14H14BrN5O3S2. The zero-order valence-electron chi connectivity index (χ0n) is 13.0. The Kier molecular flexibility index (Phi) is 5.06. The molecule has 1 aliphatic heterocycles. The number of hydrogen-bond acceptors (Lipinski definition) is 8.